The summed E-state index contributed by atoms with van der Waals surface area (Å²) in [6, 6.07) is 13.4. The maximum Gasteiger partial charge on any atom is 0.409 e. The molecule has 0 radical (unpaired) electrons. The Bertz CT molecular complexity index is 1450. The zero-order valence-electron chi connectivity index (χ0n) is 21.9. The minimum atomic E-state index is -3.73. The Morgan fingerprint density at radius 3 is 2.55 bits per heavy atom. The van der Waals surface area contributed by atoms with Gasteiger partial charge in [0.25, 0.3) is 0 Å². The second-order valence-corrected chi connectivity index (χ2v) is 12.1. The normalized spacial score (nSPS) is 17.2. The number of carbonyl (C=O) groups excluding carboxylic acids is 2. The molecule has 38 heavy (non-hydrogen) atoms. The maximum atomic E-state index is 13.3. The first kappa shape index (κ1) is 26.2. The predicted octanol–water partition coefficient (Wildman–Crippen LogP) is 4.31. The second-order valence-electron chi connectivity index (χ2n) is 10.3. The Morgan fingerprint density at radius 1 is 1.13 bits per heavy atom. The molecular weight excluding hydrogens is 504 g/mol. The van der Waals surface area contributed by atoms with Crippen molar-refractivity contribution in [3.05, 3.63) is 65.0 Å². The highest BCUT2D eigenvalue weighted by Crippen LogP contribution is 2.37. The average Bonchev–Trinajstić information content (AvgIpc) is 3.29. The molecule has 9 nitrogen and oxygen atoms in total. The fraction of sp³-hybridized carbons (Fsp3) is 0.464. The number of carbonyl (C=O) groups is 2. The lowest BCUT2D eigenvalue weighted by molar-refractivity contribution is -0.121. The van der Waals surface area contributed by atoms with Crippen LogP contribution in [0.1, 0.15) is 67.9 Å². The Balaban J connectivity index is 0.00000353. The molecule has 10 heteroatoms. The highest BCUT2D eigenvalue weighted by molar-refractivity contribution is 7.89. The molecule has 1 atom stereocenters. The van der Waals surface area contributed by atoms with Gasteiger partial charge in [0, 0.05) is 26.0 Å². The molecule has 1 aliphatic heterocycles. The average molecular weight is 541 g/mol. The van der Waals surface area contributed by atoms with Gasteiger partial charge >= 0.3 is 6.09 Å². The van der Waals surface area contributed by atoms with Crippen LogP contribution in [0, 0.1) is 0 Å². The van der Waals surface area contributed by atoms with Crippen LogP contribution in [0.5, 0.6) is 0 Å². The van der Waals surface area contributed by atoms with Gasteiger partial charge in [0.2, 0.25) is 15.9 Å². The van der Waals surface area contributed by atoms with E-state index in [4.69, 9.17) is 9.72 Å². The third kappa shape index (κ3) is 5.41. The summed E-state index contributed by atoms with van der Waals surface area (Å²) >= 11 is 0. The van der Waals surface area contributed by atoms with Crippen molar-refractivity contribution in [1.29, 1.82) is 0 Å². The maximum absolute atomic E-state index is 13.3. The molecule has 3 aromatic rings. The van der Waals surface area contributed by atoms with Crippen LogP contribution in [0.4, 0.5) is 4.79 Å². The number of aromatic nitrogens is 2. The Hall–Kier alpha value is -3.40. The molecule has 0 spiro atoms. The standard InChI is InChI=1S/C28H34N4O5S.H2/c1-37-28(34)31-16-15-20-13-14-24-25(22(20)17-31)29-26(21-11-7-4-8-12-21)32(24)18-23(19-9-5-3-6-10-19)27(33)30-38(2,35)36;/h3,5-6,9-10,13-14,21,23H,4,7-8,11-12,15-18H2,1-2H3,(H,30,33);1H/t23-;/m1./s1. The van der Waals surface area contributed by atoms with E-state index in [1.807, 2.05) is 30.3 Å². The number of methoxy groups -OCH3 is 1. The van der Waals surface area contributed by atoms with E-state index in [-0.39, 0.29) is 20.0 Å². The highest BCUT2D eigenvalue weighted by atomic mass is 32.2. The summed E-state index contributed by atoms with van der Waals surface area (Å²) in [6.07, 6.45) is 6.83. The number of ether oxygens (including phenoxy) is 1. The molecule has 1 aromatic heterocycles. The van der Waals surface area contributed by atoms with Crippen molar-refractivity contribution in [3.63, 3.8) is 0 Å². The van der Waals surface area contributed by atoms with E-state index < -0.39 is 21.8 Å². The smallest absolute Gasteiger partial charge is 0.409 e. The summed E-state index contributed by atoms with van der Waals surface area (Å²) in [5.74, 6) is -0.115. The highest BCUT2D eigenvalue weighted by Gasteiger charge is 2.31. The van der Waals surface area contributed by atoms with Gasteiger partial charge in [0.1, 0.15) is 5.82 Å². The summed E-state index contributed by atoms with van der Waals surface area (Å²) in [6.45, 7) is 1.26. The number of hydrogen-bond donors (Lipinski definition) is 1. The van der Waals surface area contributed by atoms with Gasteiger partial charge in [0.05, 0.1) is 36.9 Å². The summed E-state index contributed by atoms with van der Waals surface area (Å²) in [7, 11) is -2.34. The Morgan fingerprint density at radius 2 is 1.87 bits per heavy atom. The van der Waals surface area contributed by atoms with E-state index in [1.165, 1.54) is 13.5 Å². The first-order valence-corrected chi connectivity index (χ1v) is 15.0. The molecule has 2 amide bonds. The number of imidazole rings is 1. The topological polar surface area (TPSA) is 111 Å². The van der Waals surface area contributed by atoms with Gasteiger partial charge in [-0.1, -0.05) is 55.7 Å². The molecule has 0 bridgehead atoms. The third-order valence-corrected chi connectivity index (χ3v) is 8.30. The first-order chi connectivity index (χ1) is 18.2. The fourth-order valence-corrected chi connectivity index (χ4v) is 6.36. The van der Waals surface area contributed by atoms with E-state index in [0.717, 1.165) is 71.9 Å². The predicted molar refractivity (Wildman–Crippen MR) is 146 cm³/mol. The summed E-state index contributed by atoms with van der Waals surface area (Å²) in [5, 5.41) is 0. The summed E-state index contributed by atoms with van der Waals surface area (Å²) < 4.78 is 33.3. The number of sulfonamides is 1. The van der Waals surface area contributed by atoms with Crippen molar-refractivity contribution in [2.45, 2.75) is 63.5 Å². The zero-order chi connectivity index (χ0) is 26.9. The van der Waals surface area contributed by atoms with Crippen LogP contribution in [0.15, 0.2) is 42.5 Å². The number of amides is 2. The van der Waals surface area contributed by atoms with Crippen LogP contribution in [-0.2, 0) is 39.1 Å². The van der Waals surface area contributed by atoms with Gasteiger partial charge < -0.3 is 14.2 Å². The van der Waals surface area contributed by atoms with Crippen molar-refractivity contribution < 1.29 is 24.2 Å². The molecule has 1 saturated carbocycles. The number of rotatable bonds is 6. The van der Waals surface area contributed by atoms with Crippen LogP contribution in [0.25, 0.3) is 11.0 Å². The van der Waals surface area contributed by atoms with Gasteiger partial charge in [-0.3, -0.25) is 9.52 Å². The van der Waals surface area contributed by atoms with Crippen LogP contribution in [-0.4, -0.2) is 54.8 Å². The van der Waals surface area contributed by atoms with Crippen molar-refractivity contribution in [3.8, 4) is 0 Å². The molecule has 0 saturated heterocycles. The second kappa shape index (κ2) is 10.8. The summed E-state index contributed by atoms with van der Waals surface area (Å²) in [4.78, 5) is 32.5. The lowest BCUT2D eigenvalue weighted by atomic mass is 9.88. The zero-order valence-corrected chi connectivity index (χ0v) is 22.7. The molecule has 204 valence electrons. The monoisotopic (exact) mass is 540 g/mol. The number of fused-ring (bicyclic) bond motifs is 3. The van der Waals surface area contributed by atoms with Crippen LogP contribution < -0.4 is 4.72 Å². The van der Waals surface area contributed by atoms with Gasteiger partial charge in [-0.15, -0.1) is 0 Å². The van der Waals surface area contributed by atoms with Crippen molar-refractivity contribution in [2.75, 3.05) is 19.9 Å². The minimum absolute atomic E-state index is 0. The first-order valence-electron chi connectivity index (χ1n) is 13.2. The van der Waals surface area contributed by atoms with Gasteiger partial charge in [0.15, 0.2) is 0 Å². The minimum Gasteiger partial charge on any atom is -0.453 e. The molecule has 0 unspecified atom stereocenters. The van der Waals surface area contributed by atoms with Gasteiger partial charge in [-0.05, 0) is 36.5 Å². The quantitative estimate of drug-likeness (QED) is 0.499. The van der Waals surface area contributed by atoms with E-state index in [9.17, 15) is 18.0 Å². The van der Waals surface area contributed by atoms with E-state index in [1.54, 1.807) is 4.90 Å². The SMILES string of the molecule is COC(=O)N1CCc2ccc3c(nc(C4CCCCC4)n3C[C@@H](C(=O)NS(C)(=O)=O)c3ccccc3)c2C1.[HH]. The Labute approximate surface area is 224 Å². The number of nitrogens with one attached hydrogen (secondary N) is 1. The van der Waals surface area contributed by atoms with Crippen molar-refractivity contribution >= 4 is 33.1 Å². The number of hydrogen-bond acceptors (Lipinski definition) is 6. The third-order valence-electron chi connectivity index (χ3n) is 7.72. The van der Waals surface area contributed by atoms with Crippen LogP contribution in [0.3, 0.4) is 0 Å². The van der Waals surface area contributed by atoms with Crippen LogP contribution in [0.2, 0.25) is 0 Å². The molecule has 2 aliphatic rings. The fourth-order valence-electron chi connectivity index (χ4n) is 5.85. The molecule has 2 aromatic carbocycles. The lowest BCUT2D eigenvalue weighted by Crippen LogP contribution is -2.36. The van der Waals surface area contributed by atoms with Gasteiger partial charge in [-0.25, -0.2) is 18.2 Å². The van der Waals surface area contributed by atoms with E-state index in [2.05, 4.69) is 21.4 Å². The number of benzene rings is 2. The summed E-state index contributed by atoms with van der Waals surface area (Å²) in [5.41, 5.74) is 4.63. The molecule has 2 heterocycles. The van der Waals surface area contributed by atoms with Crippen molar-refractivity contribution in [1.82, 2.24) is 19.2 Å². The van der Waals surface area contributed by atoms with Crippen LogP contribution >= 0.6 is 0 Å². The number of nitrogens with zero attached hydrogens (tertiary/aromatic N) is 3. The van der Waals surface area contributed by atoms with E-state index >= 15 is 0 Å². The Kier molecular flexibility index (Phi) is 7.43. The molecule has 1 aliphatic carbocycles. The largest absolute Gasteiger partial charge is 0.453 e. The molecular formula is C28H36N4O5S. The van der Waals surface area contributed by atoms with Crippen molar-refractivity contribution in [2.24, 2.45) is 0 Å². The molecule has 1 N–H and O–H groups in total. The van der Waals surface area contributed by atoms with Gasteiger partial charge in [-0.2, -0.15) is 0 Å². The van der Waals surface area contributed by atoms with E-state index in [0.29, 0.717) is 13.1 Å². The molecule has 5 rings (SSSR count). The molecule has 1 fully saturated rings. The lowest BCUT2D eigenvalue weighted by Gasteiger charge is -2.27.